The summed E-state index contributed by atoms with van der Waals surface area (Å²) in [5.41, 5.74) is 12.8. The van der Waals surface area contributed by atoms with E-state index in [2.05, 4.69) is 15.9 Å². The van der Waals surface area contributed by atoms with Crippen molar-refractivity contribution in [3.8, 4) is 6.07 Å². The number of hydrogen-bond donors (Lipinski definition) is 1. The van der Waals surface area contributed by atoms with Crippen LogP contribution in [0.15, 0.2) is 33.1 Å². The molecule has 0 atom stereocenters. The van der Waals surface area contributed by atoms with Crippen LogP contribution in [0.4, 0.5) is 5.69 Å². The van der Waals surface area contributed by atoms with Crippen molar-refractivity contribution in [2.75, 3.05) is 39.5 Å². The highest BCUT2D eigenvalue weighted by atomic mass is 16.5. The van der Waals surface area contributed by atoms with E-state index in [0.29, 0.717) is 47.9 Å². The summed E-state index contributed by atoms with van der Waals surface area (Å²) in [6.45, 7) is 5.25. The second kappa shape index (κ2) is 10.3. The highest BCUT2D eigenvalue weighted by Gasteiger charge is 2.27. The number of nitriles is 1. The van der Waals surface area contributed by atoms with E-state index in [-0.39, 0.29) is 0 Å². The fraction of sp³-hybridized carbons (Fsp3) is 0.345. The number of esters is 1. The van der Waals surface area contributed by atoms with Gasteiger partial charge >= 0.3 is 5.97 Å². The molecule has 2 aliphatic heterocycles. The number of anilines is 1. The molecular formula is C29H30N4O5. The summed E-state index contributed by atoms with van der Waals surface area (Å²) in [5.74, 6) is 0.288. The number of nitrogen functional groups attached to an aromatic ring is 1. The van der Waals surface area contributed by atoms with Crippen LogP contribution < -0.4 is 5.73 Å². The number of benzene rings is 2. The minimum Gasteiger partial charge on any atom is -0.460 e. The van der Waals surface area contributed by atoms with Crippen LogP contribution in [-0.2, 0) is 30.7 Å². The van der Waals surface area contributed by atoms with Gasteiger partial charge in [0.15, 0.2) is 12.0 Å². The molecule has 0 spiro atoms. The third kappa shape index (κ3) is 4.42. The number of carbonyl (C=O) groups excluding carboxylic acids is 2. The Bertz CT molecular complexity index is 1590. The highest BCUT2D eigenvalue weighted by molar-refractivity contribution is 5.99. The van der Waals surface area contributed by atoms with Gasteiger partial charge in [0.05, 0.1) is 18.2 Å². The molecule has 0 saturated heterocycles. The zero-order valence-electron chi connectivity index (χ0n) is 21.8. The van der Waals surface area contributed by atoms with Crippen molar-refractivity contribution >= 4 is 39.9 Å². The number of carbonyl (C=O) groups is 2. The van der Waals surface area contributed by atoms with Gasteiger partial charge in [-0.1, -0.05) is 0 Å². The molecule has 9 heteroatoms. The summed E-state index contributed by atoms with van der Waals surface area (Å²) in [6.07, 6.45) is 2.42. The molecule has 0 unspecified atom stereocenters. The molecule has 0 radical (unpaired) electrons. The second-order valence-electron chi connectivity index (χ2n) is 9.75. The van der Waals surface area contributed by atoms with E-state index in [0.717, 1.165) is 70.9 Å². The summed E-state index contributed by atoms with van der Waals surface area (Å²) >= 11 is 0. The van der Waals surface area contributed by atoms with Gasteiger partial charge in [0.1, 0.15) is 11.2 Å². The number of nitrogens with two attached hydrogens (primary N) is 1. The second-order valence-corrected chi connectivity index (χ2v) is 9.75. The van der Waals surface area contributed by atoms with Crippen molar-refractivity contribution in [1.29, 1.82) is 5.26 Å². The van der Waals surface area contributed by atoms with E-state index in [1.165, 1.54) is 0 Å². The molecule has 2 aromatic carbocycles. The molecule has 2 N–H and O–H groups in total. The minimum absolute atomic E-state index is 0.308. The van der Waals surface area contributed by atoms with Gasteiger partial charge in [-0.05, 0) is 69.3 Å². The molecule has 4 heterocycles. The molecule has 0 bridgehead atoms. The topological polar surface area (TPSA) is 126 Å². The average Bonchev–Trinajstić information content (AvgIpc) is 3.31. The molecular weight excluding hydrogens is 484 g/mol. The first-order chi connectivity index (χ1) is 18.4. The number of hydrogen-bond acceptors (Lipinski definition) is 9. The number of ether oxygens (including phenoxy) is 1. The van der Waals surface area contributed by atoms with Gasteiger partial charge in [-0.3, -0.25) is 4.79 Å². The van der Waals surface area contributed by atoms with Crippen LogP contribution in [0.2, 0.25) is 0 Å². The number of nitrogens with zero attached hydrogens (tertiary/aromatic N) is 3. The molecule has 0 amide bonds. The maximum Gasteiger partial charge on any atom is 0.374 e. The van der Waals surface area contributed by atoms with Crippen molar-refractivity contribution in [3.63, 3.8) is 0 Å². The van der Waals surface area contributed by atoms with E-state index in [4.69, 9.17) is 19.3 Å². The molecule has 0 saturated carbocycles. The zero-order chi connectivity index (χ0) is 27.0. The molecule has 9 nitrogen and oxygen atoms in total. The number of furan rings is 2. The van der Waals surface area contributed by atoms with Crippen LogP contribution in [-0.4, -0.2) is 55.8 Å². The molecule has 2 aliphatic rings. The van der Waals surface area contributed by atoms with Crippen molar-refractivity contribution in [2.45, 2.75) is 32.9 Å². The Morgan fingerprint density at radius 3 is 2.32 bits per heavy atom. The quantitative estimate of drug-likeness (QED) is 0.242. The number of likely N-dealkylation sites (N-methyl/N-ethyl adjacent to an activating group) is 2. The molecule has 2 aromatic heterocycles. The summed E-state index contributed by atoms with van der Waals surface area (Å²) in [4.78, 5) is 27.5. The Hall–Kier alpha value is -4.13. The van der Waals surface area contributed by atoms with Crippen LogP contribution in [0, 0.1) is 11.3 Å². The zero-order valence-corrected chi connectivity index (χ0v) is 21.8. The first-order valence-electron chi connectivity index (χ1n) is 12.7. The summed E-state index contributed by atoms with van der Waals surface area (Å²) in [5, 5.41) is 11.1. The Morgan fingerprint density at radius 1 is 1.00 bits per heavy atom. The lowest BCUT2D eigenvalue weighted by Crippen LogP contribution is -2.20. The van der Waals surface area contributed by atoms with Crippen molar-refractivity contribution in [2.24, 2.45) is 0 Å². The highest BCUT2D eigenvalue weighted by Crippen LogP contribution is 2.36. The van der Waals surface area contributed by atoms with Crippen LogP contribution >= 0.6 is 0 Å². The van der Waals surface area contributed by atoms with Crippen LogP contribution in [0.5, 0.6) is 0 Å². The monoisotopic (exact) mass is 514 g/mol. The Kier molecular flexibility index (Phi) is 6.93. The van der Waals surface area contributed by atoms with Gasteiger partial charge in [-0.2, -0.15) is 5.26 Å². The maximum atomic E-state index is 12.1. The first kappa shape index (κ1) is 25.5. The van der Waals surface area contributed by atoms with E-state index >= 15 is 0 Å². The standard InChI is InChI=1S/C15H18N2O3.C14H12N2O2/c1-3-19-15(18)14-10-8-17(2)7-6-9-11(16)4-5-12(20-14)13(9)10;1-16-5-4-10-9(6-15)2-3-12-14(10)11(7-16)13(8-17)18-12/h4-5H,3,6-8,16H2,1-2H3;2-3,8H,4-5,7H2,1H3. The number of aldehydes is 1. The van der Waals surface area contributed by atoms with Gasteiger partial charge in [-0.25, -0.2) is 4.79 Å². The van der Waals surface area contributed by atoms with E-state index < -0.39 is 5.97 Å². The molecule has 0 aliphatic carbocycles. The predicted molar refractivity (Wildman–Crippen MR) is 143 cm³/mol. The lowest BCUT2D eigenvalue weighted by Gasteiger charge is -2.13. The Balaban J connectivity index is 0.000000156. The molecule has 4 aromatic rings. The maximum absolute atomic E-state index is 12.1. The lowest BCUT2D eigenvalue weighted by atomic mass is 9.99. The SMILES string of the molecule is CCOC(=O)c1oc2ccc(N)c3c2c1CN(C)CC3.CN1CCc2c(C#N)ccc3oc(C=O)c(c23)C1. The molecule has 38 heavy (non-hydrogen) atoms. The lowest BCUT2D eigenvalue weighted by molar-refractivity contribution is 0.0489. The normalized spacial score (nSPS) is 15.3. The predicted octanol–water partition coefficient (Wildman–Crippen LogP) is 4.28. The average molecular weight is 515 g/mol. The fourth-order valence-corrected chi connectivity index (χ4v) is 5.39. The van der Waals surface area contributed by atoms with Gasteiger partial charge in [0.25, 0.3) is 0 Å². The Morgan fingerprint density at radius 2 is 1.63 bits per heavy atom. The molecule has 196 valence electrons. The minimum atomic E-state index is -0.404. The third-order valence-electron chi connectivity index (χ3n) is 7.22. The van der Waals surface area contributed by atoms with Crippen LogP contribution in [0.25, 0.3) is 21.9 Å². The van der Waals surface area contributed by atoms with Gasteiger partial charge in [-0.15, -0.1) is 0 Å². The molecule has 0 fully saturated rings. The van der Waals surface area contributed by atoms with E-state index in [1.807, 2.05) is 26.2 Å². The van der Waals surface area contributed by atoms with E-state index in [9.17, 15) is 14.9 Å². The van der Waals surface area contributed by atoms with Crippen molar-refractivity contribution < 1.29 is 23.2 Å². The summed E-state index contributed by atoms with van der Waals surface area (Å²) in [7, 11) is 4.03. The van der Waals surface area contributed by atoms with Gasteiger partial charge < -0.3 is 29.1 Å². The van der Waals surface area contributed by atoms with Crippen molar-refractivity contribution in [3.05, 3.63) is 63.6 Å². The first-order valence-corrected chi connectivity index (χ1v) is 12.7. The Labute approximate surface area is 220 Å². The van der Waals surface area contributed by atoms with E-state index in [1.54, 1.807) is 19.1 Å². The fourth-order valence-electron chi connectivity index (χ4n) is 5.39. The largest absolute Gasteiger partial charge is 0.460 e. The molecule has 6 rings (SSSR count). The summed E-state index contributed by atoms with van der Waals surface area (Å²) in [6, 6.07) is 9.43. The van der Waals surface area contributed by atoms with Gasteiger partial charge in [0.2, 0.25) is 5.76 Å². The van der Waals surface area contributed by atoms with Gasteiger partial charge in [0, 0.05) is 53.8 Å². The smallest absolute Gasteiger partial charge is 0.374 e. The number of rotatable bonds is 3. The van der Waals surface area contributed by atoms with Crippen molar-refractivity contribution in [1.82, 2.24) is 9.80 Å². The third-order valence-corrected chi connectivity index (χ3v) is 7.22. The van der Waals surface area contributed by atoms with Crippen LogP contribution in [0.1, 0.15) is 55.9 Å². The van der Waals surface area contributed by atoms with Crippen LogP contribution in [0.3, 0.4) is 0 Å². The summed E-state index contributed by atoms with van der Waals surface area (Å²) < 4.78 is 16.4.